The highest BCUT2D eigenvalue weighted by molar-refractivity contribution is 5.39. The highest BCUT2D eigenvalue weighted by atomic mass is 19.1. The van der Waals surface area contributed by atoms with E-state index in [0.717, 1.165) is 43.5 Å². The van der Waals surface area contributed by atoms with Crippen LogP contribution >= 0.6 is 0 Å². The molecule has 2 nitrogen and oxygen atoms in total. The Morgan fingerprint density at radius 3 is 2.76 bits per heavy atom. The number of fused-ring (bicyclic) bond motifs is 1. The molecule has 0 amide bonds. The number of ether oxygens (including phenoxy) is 1. The SMILES string of the molecule is CCNC1CC(CC)(CC(C)CC)Oc2ccc(F)cc21. The van der Waals surface area contributed by atoms with E-state index in [1.165, 1.54) is 6.07 Å². The highest BCUT2D eigenvalue weighted by Crippen LogP contribution is 2.44. The van der Waals surface area contributed by atoms with Crippen LogP contribution in [-0.2, 0) is 0 Å². The number of benzene rings is 1. The van der Waals surface area contributed by atoms with Gasteiger partial charge in [0.1, 0.15) is 17.2 Å². The monoisotopic (exact) mass is 293 g/mol. The maximum absolute atomic E-state index is 13.6. The van der Waals surface area contributed by atoms with Gasteiger partial charge >= 0.3 is 0 Å². The molecule has 1 N–H and O–H groups in total. The zero-order valence-corrected chi connectivity index (χ0v) is 13.7. The van der Waals surface area contributed by atoms with Crippen molar-refractivity contribution in [2.75, 3.05) is 6.54 Å². The first kappa shape index (κ1) is 16.3. The van der Waals surface area contributed by atoms with Crippen LogP contribution in [-0.4, -0.2) is 12.1 Å². The van der Waals surface area contributed by atoms with Crippen molar-refractivity contribution in [1.29, 1.82) is 0 Å². The first-order valence-electron chi connectivity index (χ1n) is 8.25. The van der Waals surface area contributed by atoms with E-state index in [1.807, 2.05) is 0 Å². The zero-order chi connectivity index (χ0) is 15.5. The average molecular weight is 293 g/mol. The van der Waals surface area contributed by atoms with E-state index < -0.39 is 0 Å². The lowest BCUT2D eigenvalue weighted by Crippen LogP contribution is -2.45. The quantitative estimate of drug-likeness (QED) is 0.810. The molecule has 3 unspecified atom stereocenters. The minimum absolute atomic E-state index is 0.132. The third-order valence-corrected chi connectivity index (χ3v) is 4.76. The van der Waals surface area contributed by atoms with E-state index in [4.69, 9.17) is 4.74 Å². The van der Waals surface area contributed by atoms with Crippen molar-refractivity contribution in [1.82, 2.24) is 5.32 Å². The molecule has 0 saturated heterocycles. The molecule has 0 radical (unpaired) electrons. The third kappa shape index (κ3) is 3.57. The fraction of sp³-hybridized carbons (Fsp3) is 0.667. The minimum atomic E-state index is -0.189. The molecule has 0 aromatic heterocycles. The number of hydrogen-bond acceptors (Lipinski definition) is 2. The Morgan fingerprint density at radius 1 is 1.38 bits per heavy atom. The summed E-state index contributed by atoms with van der Waals surface area (Å²) in [4.78, 5) is 0. The minimum Gasteiger partial charge on any atom is -0.487 e. The molecule has 118 valence electrons. The lowest BCUT2D eigenvalue weighted by molar-refractivity contribution is 0.00565. The van der Waals surface area contributed by atoms with Crippen LogP contribution < -0.4 is 10.1 Å². The van der Waals surface area contributed by atoms with Crippen molar-refractivity contribution in [2.24, 2.45) is 5.92 Å². The first-order chi connectivity index (χ1) is 10.0. The van der Waals surface area contributed by atoms with E-state index in [9.17, 15) is 4.39 Å². The maximum atomic E-state index is 13.6. The van der Waals surface area contributed by atoms with Crippen molar-refractivity contribution in [3.63, 3.8) is 0 Å². The fourth-order valence-electron chi connectivity index (χ4n) is 3.34. The standard InChI is InChI=1S/C18H28FNO/c1-5-13(4)11-18(6-2)12-16(20-7-3)15-10-14(19)8-9-17(15)21-18/h8-10,13,16,20H,5-7,11-12H2,1-4H3. The summed E-state index contributed by atoms with van der Waals surface area (Å²) in [6.45, 7) is 9.67. The molecule has 0 fully saturated rings. The molecule has 1 aliphatic rings. The van der Waals surface area contributed by atoms with Gasteiger partial charge in [-0.05, 0) is 43.5 Å². The summed E-state index contributed by atoms with van der Waals surface area (Å²) in [5.41, 5.74) is 0.831. The van der Waals surface area contributed by atoms with Crippen LogP contribution in [0.5, 0.6) is 5.75 Å². The van der Waals surface area contributed by atoms with Gasteiger partial charge < -0.3 is 10.1 Å². The predicted molar refractivity (Wildman–Crippen MR) is 85.2 cm³/mol. The molecule has 0 bridgehead atoms. The van der Waals surface area contributed by atoms with Crippen molar-refractivity contribution >= 4 is 0 Å². The van der Waals surface area contributed by atoms with Gasteiger partial charge in [0.2, 0.25) is 0 Å². The Morgan fingerprint density at radius 2 is 2.14 bits per heavy atom. The van der Waals surface area contributed by atoms with Crippen molar-refractivity contribution in [3.05, 3.63) is 29.6 Å². The molecule has 3 atom stereocenters. The second-order valence-corrected chi connectivity index (χ2v) is 6.35. The van der Waals surface area contributed by atoms with Crippen molar-refractivity contribution < 1.29 is 9.13 Å². The van der Waals surface area contributed by atoms with Crippen LogP contribution in [0.2, 0.25) is 0 Å². The molecule has 1 aromatic rings. The van der Waals surface area contributed by atoms with Gasteiger partial charge in [-0.3, -0.25) is 0 Å². The number of rotatable bonds is 6. The van der Waals surface area contributed by atoms with Gasteiger partial charge in [-0.15, -0.1) is 0 Å². The summed E-state index contributed by atoms with van der Waals surface area (Å²) in [5.74, 6) is 1.29. The Bertz CT molecular complexity index is 476. The van der Waals surface area contributed by atoms with Crippen LogP contribution in [0.1, 0.15) is 65.0 Å². The molecular formula is C18H28FNO. The zero-order valence-electron chi connectivity index (χ0n) is 13.7. The van der Waals surface area contributed by atoms with Crippen LogP contribution in [0.3, 0.4) is 0 Å². The smallest absolute Gasteiger partial charge is 0.125 e. The normalized spacial score (nSPS) is 26.0. The lowest BCUT2D eigenvalue weighted by Gasteiger charge is -2.43. The van der Waals surface area contributed by atoms with Gasteiger partial charge in [-0.25, -0.2) is 4.39 Å². The molecular weight excluding hydrogens is 265 g/mol. The second-order valence-electron chi connectivity index (χ2n) is 6.35. The predicted octanol–water partition coefficient (Wildman–Crippen LogP) is 4.84. The summed E-state index contributed by atoms with van der Waals surface area (Å²) in [5, 5.41) is 3.50. The Labute approximate surface area is 128 Å². The molecule has 21 heavy (non-hydrogen) atoms. The van der Waals surface area contributed by atoms with Crippen molar-refractivity contribution in [2.45, 2.75) is 65.0 Å². The number of nitrogens with one attached hydrogen (secondary N) is 1. The Hall–Kier alpha value is -1.09. The van der Waals surface area contributed by atoms with Crippen LogP contribution in [0.4, 0.5) is 4.39 Å². The Kier molecular flexibility index (Phi) is 5.26. The van der Waals surface area contributed by atoms with E-state index in [1.54, 1.807) is 12.1 Å². The molecule has 0 spiro atoms. The highest BCUT2D eigenvalue weighted by Gasteiger charge is 2.40. The summed E-state index contributed by atoms with van der Waals surface area (Å²) < 4.78 is 19.9. The van der Waals surface area contributed by atoms with Gasteiger partial charge in [0.05, 0.1) is 0 Å². The van der Waals surface area contributed by atoms with Gasteiger partial charge in [-0.1, -0.05) is 34.1 Å². The first-order valence-corrected chi connectivity index (χ1v) is 8.25. The Balaban J connectivity index is 2.34. The molecule has 1 aliphatic heterocycles. The fourth-order valence-corrected chi connectivity index (χ4v) is 3.34. The maximum Gasteiger partial charge on any atom is 0.125 e. The van der Waals surface area contributed by atoms with E-state index in [2.05, 4.69) is 33.0 Å². The van der Waals surface area contributed by atoms with E-state index >= 15 is 0 Å². The van der Waals surface area contributed by atoms with Gasteiger partial charge in [0, 0.05) is 18.0 Å². The van der Waals surface area contributed by atoms with E-state index in [-0.39, 0.29) is 17.5 Å². The summed E-state index contributed by atoms with van der Waals surface area (Å²) >= 11 is 0. The van der Waals surface area contributed by atoms with Gasteiger partial charge in [-0.2, -0.15) is 0 Å². The molecule has 0 aliphatic carbocycles. The molecule has 2 rings (SSSR count). The molecule has 1 heterocycles. The summed E-state index contributed by atoms with van der Waals surface area (Å²) in [7, 11) is 0. The van der Waals surface area contributed by atoms with Crippen molar-refractivity contribution in [3.8, 4) is 5.75 Å². The van der Waals surface area contributed by atoms with Gasteiger partial charge in [0.15, 0.2) is 0 Å². The van der Waals surface area contributed by atoms with Crippen LogP contribution in [0.15, 0.2) is 18.2 Å². The van der Waals surface area contributed by atoms with Crippen LogP contribution in [0, 0.1) is 11.7 Å². The molecule has 1 aromatic carbocycles. The molecule has 0 saturated carbocycles. The van der Waals surface area contributed by atoms with E-state index in [0.29, 0.717) is 5.92 Å². The van der Waals surface area contributed by atoms with Gasteiger partial charge in [0.25, 0.3) is 0 Å². The third-order valence-electron chi connectivity index (χ3n) is 4.76. The number of hydrogen-bond donors (Lipinski definition) is 1. The lowest BCUT2D eigenvalue weighted by atomic mass is 9.79. The summed E-state index contributed by atoms with van der Waals surface area (Å²) in [6, 6.07) is 5.08. The average Bonchev–Trinajstić information content (AvgIpc) is 2.48. The summed E-state index contributed by atoms with van der Waals surface area (Å²) in [6.07, 6.45) is 4.11. The topological polar surface area (TPSA) is 21.3 Å². The molecule has 3 heteroatoms. The second kappa shape index (κ2) is 6.78. The number of halogens is 1. The van der Waals surface area contributed by atoms with Crippen LogP contribution in [0.25, 0.3) is 0 Å². The largest absolute Gasteiger partial charge is 0.487 e.